The number of methoxy groups -OCH3 is 1. The van der Waals surface area contributed by atoms with Crippen molar-refractivity contribution in [2.24, 2.45) is 4.99 Å². The Bertz CT molecular complexity index is 336. The van der Waals surface area contributed by atoms with Crippen molar-refractivity contribution in [3.05, 3.63) is 12.7 Å². The number of esters is 1. The standard InChI is InChI=1S/C17H33N3O2.HI/c1-5-7-8-9-12-15-20(3)17(18-6-2)19-14-11-10-13-16(21)22-4;/h5H,1,6-15H2,2-4H3,(H,18,19);1H. The zero-order valence-corrected chi connectivity index (χ0v) is 17.3. The van der Waals surface area contributed by atoms with Crippen LogP contribution in [0.5, 0.6) is 0 Å². The molecule has 6 heteroatoms. The summed E-state index contributed by atoms with van der Waals surface area (Å²) in [6.45, 7) is 8.42. The number of hydrogen-bond donors (Lipinski definition) is 1. The number of halogens is 1. The highest BCUT2D eigenvalue weighted by Crippen LogP contribution is 2.02. The number of allylic oxidation sites excluding steroid dienone is 1. The molecule has 0 saturated carbocycles. The quantitative estimate of drug-likeness (QED) is 0.126. The number of unbranched alkanes of at least 4 members (excludes halogenated alkanes) is 4. The molecule has 0 aromatic rings. The van der Waals surface area contributed by atoms with E-state index < -0.39 is 0 Å². The number of ether oxygens (including phenoxy) is 1. The number of hydrogen-bond acceptors (Lipinski definition) is 3. The molecule has 5 nitrogen and oxygen atoms in total. The van der Waals surface area contributed by atoms with Crippen molar-refractivity contribution >= 4 is 35.9 Å². The highest BCUT2D eigenvalue weighted by molar-refractivity contribution is 14.0. The largest absolute Gasteiger partial charge is 0.469 e. The van der Waals surface area contributed by atoms with E-state index in [0.29, 0.717) is 6.42 Å². The average molecular weight is 439 g/mol. The molecule has 0 aliphatic carbocycles. The van der Waals surface area contributed by atoms with E-state index in [1.54, 1.807) is 0 Å². The Morgan fingerprint density at radius 2 is 2.00 bits per heavy atom. The minimum absolute atomic E-state index is 0. The second-order valence-corrected chi connectivity index (χ2v) is 5.33. The van der Waals surface area contributed by atoms with Gasteiger partial charge in [0, 0.05) is 33.1 Å². The fourth-order valence-electron chi connectivity index (χ4n) is 2.06. The van der Waals surface area contributed by atoms with Crippen molar-refractivity contribution in [3.63, 3.8) is 0 Å². The molecular formula is C17H34IN3O2. The van der Waals surface area contributed by atoms with Crippen molar-refractivity contribution in [1.29, 1.82) is 0 Å². The van der Waals surface area contributed by atoms with Gasteiger partial charge in [0.15, 0.2) is 5.96 Å². The summed E-state index contributed by atoms with van der Waals surface area (Å²) in [7, 11) is 3.50. The van der Waals surface area contributed by atoms with Crippen LogP contribution in [0, 0.1) is 0 Å². The van der Waals surface area contributed by atoms with E-state index in [1.165, 1.54) is 20.0 Å². The molecule has 0 amide bonds. The predicted molar refractivity (Wildman–Crippen MR) is 109 cm³/mol. The molecular weight excluding hydrogens is 405 g/mol. The molecule has 0 bridgehead atoms. The van der Waals surface area contributed by atoms with Crippen LogP contribution >= 0.6 is 24.0 Å². The molecule has 0 unspecified atom stereocenters. The summed E-state index contributed by atoms with van der Waals surface area (Å²) in [4.78, 5) is 17.8. The molecule has 0 fully saturated rings. The van der Waals surface area contributed by atoms with Crippen LogP contribution < -0.4 is 5.32 Å². The zero-order valence-electron chi connectivity index (χ0n) is 15.0. The monoisotopic (exact) mass is 439 g/mol. The van der Waals surface area contributed by atoms with E-state index >= 15 is 0 Å². The van der Waals surface area contributed by atoms with Gasteiger partial charge in [0.25, 0.3) is 0 Å². The number of guanidine groups is 1. The van der Waals surface area contributed by atoms with Gasteiger partial charge in [0.2, 0.25) is 0 Å². The lowest BCUT2D eigenvalue weighted by molar-refractivity contribution is -0.140. The molecule has 0 aromatic carbocycles. The van der Waals surface area contributed by atoms with Gasteiger partial charge in [-0.15, -0.1) is 30.6 Å². The number of nitrogens with one attached hydrogen (secondary N) is 1. The van der Waals surface area contributed by atoms with Crippen LogP contribution in [0.1, 0.15) is 51.9 Å². The Hall–Kier alpha value is -0.790. The number of carbonyl (C=O) groups is 1. The lowest BCUT2D eigenvalue weighted by Crippen LogP contribution is -2.39. The highest BCUT2D eigenvalue weighted by atomic mass is 127. The van der Waals surface area contributed by atoms with Crippen LogP contribution in [0.3, 0.4) is 0 Å². The second-order valence-electron chi connectivity index (χ2n) is 5.33. The molecule has 136 valence electrons. The molecule has 0 atom stereocenters. The number of rotatable bonds is 12. The third kappa shape index (κ3) is 14.5. The Kier molecular flexibility index (Phi) is 18.7. The molecule has 0 radical (unpaired) electrons. The van der Waals surface area contributed by atoms with Gasteiger partial charge in [0.05, 0.1) is 7.11 Å². The normalized spacial score (nSPS) is 10.7. The summed E-state index contributed by atoms with van der Waals surface area (Å²) < 4.78 is 4.63. The van der Waals surface area contributed by atoms with Gasteiger partial charge >= 0.3 is 5.97 Å². The van der Waals surface area contributed by atoms with Crippen LogP contribution in [-0.4, -0.2) is 50.6 Å². The second kappa shape index (κ2) is 17.6. The molecule has 0 heterocycles. The summed E-state index contributed by atoms with van der Waals surface area (Å²) in [5, 5.41) is 3.31. The summed E-state index contributed by atoms with van der Waals surface area (Å²) in [5.74, 6) is 0.803. The van der Waals surface area contributed by atoms with Crippen molar-refractivity contribution in [2.75, 3.05) is 33.8 Å². The maximum absolute atomic E-state index is 11.0. The van der Waals surface area contributed by atoms with Crippen LogP contribution in [0.2, 0.25) is 0 Å². The maximum atomic E-state index is 11.0. The first-order valence-corrected chi connectivity index (χ1v) is 8.32. The number of aliphatic imine (C=N–C) groups is 1. The average Bonchev–Trinajstić information content (AvgIpc) is 2.52. The summed E-state index contributed by atoms with van der Waals surface area (Å²) in [5.41, 5.74) is 0. The Labute approximate surface area is 159 Å². The first kappa shape index (κ1) is 24.5. The van der Waals surface area contributed by atoms with Gasteiger partial charge < -0.3 is 15.0 Å². The summed E-state index contributed by atoms with van der Waals surface area (Å²) in [6, 6.07) is 0. The van der Waals surface area contributed by atoms with E-state index in [4.69, 9.17) is 0 Å². The third-order valence-electron chi connectivity index (χ3n) is 3.38. The predicted octanol–water partition coefficient (Wildman–Crippen LogP) is 3.59. The zero-order chi connectivity index (χ0) is 16.6. The smallest absolute Gasteiger partial charge is 0.305 e. The first-order valence-electron chi connectivity index (χ1n) is 8.32. The van der Waals surface area contributed by atoms with Crippen molar-refractivity contribution < 1.29 is 9.53 Å². The van der Waals surface area contributed by atoms with E-state index in [-0.39, 0.29) is 29.9 Å². The Morgan fingerprint density at radius 1 is 1.26 bits per heavy atom. The van der Waals surface area contributed by atoms with Crippen LogP contribution in [0.15, 0.2) is 17.6 Å². The highest BCUT2D eigenvalue weighted by Gasteiger charge is 2.05. The van der Waals surface area contributed by atoms with E-state index in [0.717, 1.165) is 51.3 Å². The SMILES string of the molecule is C=CCCCCCN(C)C(=NCCCCC(=O)OC)NCC.I. The summed E-state index contributed by atoms with van der Waals surface area (Å²) >= 11 is 0. The lowest BCUT2D eigenvalue weighted by atomic mass is 10.2. The van der Waals surface area contributed by atoms with Crippen LogP contribution in [0.25, 0.3) is 0 Å². The van der Waals surface area contributed by atoms with Crippen LogP contribution in [-0.2, 0) is 9.53 Å². The van der Waals surface area contributed by atoms with Gasteiger partial charge in [-0.2, -0.15) is 0 Å². The van der Waals surface area contributed by atoms with Crippen molar-refractivity contribution in [1.82, 2.24) is 10.2 Å². The molecule has 23 heavy (non-hydrogen) atoms. The van der Waals surface area contributed by atoms with Gasteiger partial charge in [-0.3, -0.25) is 9.79 Å². The Balaban J connectivity index is 0. The molecule has 0 aliphatic heterocycles. The summed E-state index contributed by atoms with van der Waals surface area (Å²) in [6.07, 6.45) is 8.85. The topological polar surface area (TPSA) is 53.9 Å². The fraction of sp³-hybridized carbons (Fsp3) is 0.765. The maximum Gasteiger partial charge on any atom is 0.305 e. The van der Waals surface area contributed by atoms with Crippen molar-refractivity contribution in [3.8, 4) is 0 Å². The fourth-order valence-corrected chi connectivity index (χ4v) is 2.06. The first-order chi connectivity index (χ1) is 10.7. The molecule has 1 N–H and O–H groups in total. The number of nitrogens with zero attached hydrogens (tertiary/aromatic N) is 2. The van der Waals surface area contributed by atoms with Gasteiger partial charge in [0.1, 0.15) is 0 Å². The van der Waals surface area contributed by atoms with Crippen LogP contribution in [0.4, 0.5) is 0 Å². The van der Waals surface area contributed by atoms with Gasteiger partial charge in [-0.25, -0.2) is 0 Å². The minimum atomic E-state index is -0.146. The molecule has 0 spiro atoms. The van der Waals surface area contributed by atoms with E-state index in [1.807, 2.05) is 6.08 Å². The van der Waals surface area contributed by atoms with E-state index in [2.05, 4.69) is 40.5 Å². The minimum Gasteiger partial charge on any atom is -0.469 e. The lowest BCUT2D eigenvalue weighted by Gasteiger charge is -2.22. The van der Waals surface area contributed by atoms with Crippen molar-refractivity contribution in [2.45, 2.75) is 51.9 Å². The molecule has 0 rings (SSSR count). The van der Waals surface area contributed by atoms with Gasteiger partial charge in [-0.1, -0.05) is 12.5 Å². The Morgan fingerprint density at radius 3 is 2.61 bits per heavy atom. The number of carbonyl (C=O) groups excluding carboxylic acids is 1. The van der Waals surface area contributed by atoms with E-state index in [9.17, 15) is 4.79 Å². The molecule has 0 aromatic heterocycles. The molecule has 0 saturated heterocycles. The molecule has 0 aliphatic rings. The van der Waals surface area contributed by atoms with Gasteiger partial charge in [-0.05, 0) is 39.0 Å². The third-order valence-corrected chi connectivity index (χ3v) is 3.38.